The second kappa shape index (κ2) is 6.71. The minimum atomic E-state index is -0.229. The van der Waals surface area contributed by atoms with Gasteiger partial charge in [-0.3, -0.25) is 14.7 Å². The zero-order valence-corrected chi connectivity index (χ0v) is 14.7. The number of rotatable bonds is 3. The molecule has 2 amide bonds. The Hall–Kier alpha value is -3.42. The van der Waals surface area contributed by atoms with Crippen molar-refractivity contribution in [2.75, 3.05) is 6.54 Å². The SMILES string of the molecule is Cc1[nH]nc2nc(-c3ccc(O)cc3)cc(C(=O)NC3CCC(=O)NC3)c12. The summed E-state index contributed by atoms with van der Waals surface area (Å²) in [7, 11) is 0. The standard InChI is InChI=1S/C19H19N5O3/c1-10-17-14(19(27)21-12-4-7-16(26)20-9-12)8-15(22-18(17)24-23-10)11-2-5-13(25)6-3-11/h2-3,5-6,8,12,25H,4,7,9H2,1H3,(H,20,26)(H,21,27)(H,22,23,24). The van der Waals surface area contributed by atoms with Gasteiger partial charge in [-0.05, 0) is 43.7 Å². The molecule has 2 aromatic heterocycles. The fraction of sp³-hybridized carbons (Fsp3) is 0.263. The first-order chi connectivity index (χ1) is 13.0. The van der Waals surface area contributed by atoms with Crippen LogP contribution in [0.5, 0.6) is 5.75 Å². The number of amides is 2. The van der Waals surface area contributed by atoms with Crippen molar-refractivity contribution in [3.63, 3.8) is 0 Å². The van der Waals surface area contributed by atoms with Crippen molar-refractivity contribution in [1.82, 2.24) is 25.8 Å². The van der Waals surface area contributed by atoms with Crippen LogP contribution in [0.3, 0.4) is 0 Å². The van der Waals surface area contributed by atoms with Gasteiger partial charge in [0.2, 0.25) is 5.91 Å². The zero-order valence-electron chi connectivity index (χ0n) is 14.7. The number of hydrogen-bond acceptors (Lipinski definition) is 5. The molecule has 8 nitrogen and oxygen atoms in total. The summed E-state index contributed by atoms with van der Waals surface area (Å²) < 4.78 is 0. The van der Waals surface area contributed by atoms with Crippen molar-refractivity contribution in [3.05, 3.63) is 41.6 Å². The first-order valence-corrected chi connectivity index (χ1v) is 8.74. The summed E-state index contributed by atoms with van der Waals surface area (Å²) in [5, 5.41) is 23.0. The number of piperidine rings is 1. The van der Waals surface area contributed by atoms with Crippen LogP contribution >= 0.6 is 0 Å². The number of aromatic hydroxyl groups is 1. The van der Waals surface area contributed by atoms with Gasteiger partial charge < -0.3 is 15.7 Å². The van der Waals surface area contributed by atoms with Gasteiger partial charge in [-0.25, -0.2) is 4.98 Å². The van der Waals surface area contributed by atoms with Gasteiger partial charge in [-0.2, -0.15) is 5.10 Å². The van der Waals surface area contributed by atoms with Crippen molar-refractivity contribution >= 4 is 22.8 Å². The van der Waals surface area contributed by atoms with Crippen LogP contribution in [0.15, 0.2) is 30.3 Å². The molecule has 138 valence electrons. The molecule has 1 aliphatic rings. The van der Waals surface area contributed by atoms with Gasteiger partial charge in [0.1, 0.15) is 5.75 Å². The summed E-state index contributed by atoms with van der Waals surface area (Å²) in [6, 6.07) is 8.24. The maximum absolute atomic E-state index is 13.0. The number of carbonyl (C=O) groups is 2. The van der Waals surface area contributed by atoms with Gasteiger partial charge in [-0.1, -0.05) is 0 Å². The lowest BCUT2D eigenvalue weighted by Gasteiger charge is -2.23. The first-order valence-electron chi connectivity index (χ1n) is 8.74. The van der Waals surface area contributed by atoms with Crippen LogP contribution in [0.4, 0.5) is 0 Å². The molecule has 8 heteroatoms. The van der Waals surface area contributed by atoms with Gasteiger partial charge in [0, 0.05) is 30.3 Å². The molecule has 1 atom stereocenters. The lowest BCUT2D eigenvalue weighted by Crippen LogP contribution is -2.47. The Kier molecular flexibility index (Phi) is 4.23. The number of pyridine rings is 1. The molecule has 1 fully saturated rings. The monoisotopic (exact) mass is 365 g/mol. The average Bonchev–Trinajstić information content (AvgIpc) is 3.04. The third kappa shape index (κ3) is 3.33. The van der Waals surface area contributed by atoms with Gasteiger partial charge in [-0.15, -0.1) is 0 Å². The molecule has 0 aliphatic carbocycles. The molecule has 0 bridgehead atoms. The molecule has 3 aromatic rings. The van der Waals surface area contributed by atoms with Gasteiger partial charge in [0.15, 0.2) is 5.65 Å². The predicted molar refractivity (Wildman–Crippen MR) is 99.2 cm³/mol. The molecule has 1 saturated heterocycles. The minimum Gasteiger partial charge on any atom is -0.508 e. The van der Waals surface area contributed by atoms with Crippen molar-refractivity contribution in [2.45, 2.75) is 25.8 Å². The van der Waals surface area contributed by atoms with E-state index in [4.69, 9.17) is 0 Å². The summed E-state index contributed by atoms with van der Waals surface area (Å²) >= 11 is 0. The lowest BCUT2D eigenvalue weighted by atomic mass is 10.0. The van der Waals surface area contributed by atoms with E-state index >= 15 is 0 Å². The normalized spacial score (nSPS) is 16.9. The largest absolute Gasteiger partial charge is 0.508 e. The Morgan fingerprint density at radius 1 is 1.30 bits per heavy atom. The molecule has 0 spiro atoms. The fourth-order valence-corrected chi connectivity index (χ4v) is 3.25. The number of phenolic OH excluding ortho intramolecular Hbond substituents is 1. The number of nitrogens with zero attached hydrogens (tertiary/aromatic N) is 2. The van der Waals surface area contributed by atoms with Crippen LogP contribution in [0.2, 0.25) is 0 Å². The molecule has 0 radical (unpaired) electrons. The number of phenols is 1. The van der Waals surface area contributed by atoms with E-state index in [9.17, 15) is 14.7 Å². The van der Waals surface area contributed by atoms with Crippen LogP contribution < -0.4 is 10.6 Å². The quantitative estimate of drug-likeness (QED) is 0.562. The van der Waals surface area contributed by atoms with Crippen LogP contribution in [-0.2, 0) is 4.79 Å². The van der Waals surface area contributed by atoms with E-state index in [-0.39, 0.29) is 23.6 Å². The van der Waals surface area contributed by atoms with Crippen LogP contribution in [0, 0.1) is 6.92 Å². The second-order valence-corrected chi connectivity index (χ2v) is 6.66. The fourth-order valence-electron chi connectivity index (χ4n) is 3.25. The Morgan fingerprint density at radius 3 is 2.78 bits per heavy atom. The molecule has 27 heavy (non-hydrogen) atoms. The number of aryl methyl sites for hydroxylation is 1. The molecule has 1 aliphatic heterocycles. The highest BCUT2D eigenvalue weighted by molar-refractivity contribution is 6.07. The number of aromatic amines is 1. The van der Waals surface area contributed by atoms with Crippen molar-refractivity contribution in [3.8, 4) is 17.0 Å². The van der Waals surface area contributed by atoms with E-state index in [1.165, 1.54) is 0 Å². The molecule has 0 saturated carbocycles. The molecular formula is C19H19N5O3. The number of nitrogens with one attached hydrogen (secondary N) is 3. The molecule has 1 aromatic carbocycles. The van der Waals surface area contributed by atoms with E-state index in [0.29, 0.717) is 41.7 Å². The van der Waals surface area contributed by atoms with E-state index in [0.717, 1.165) is 11.3 Å². The molecular weight excluding hydrogens is 346 g/mol. The minimum absolute atomic E-state index is 0.00657. The lowest BCUT2D eigenvalue weighted by molar-refractivity contribution is -0.122. The number of benzene rings is 1. The van der Waals surface area contributed by atoms with Crippen LogP contribution in [0.25, 0.3) is 22.3 Å². The summed E-state index contributed by atoms with van der Waals surface area (Å²) in [5.74, 6) is -0.0621. The number of fused-ring (bicyclic) bond motifs is 1. The highest BCUT2D eigenvalue weighted by Gasteiger charge is 2.23. The molecule has 3 heterocycles. The number of carbonyl (C=O) groups excluding carboxylic acids is 2. The third-order valence-corrected chi connectivity index (χ3v) is 4.71. The number of hydrogen-bond donors (Lipinski definition) is 4. The van der Waals surface area contributed by atoms with Gasteiger partial charge in [0.25, 0.3) is 5.91 Å². The average molecular weight is 365 g/mol. The maximum Gasteiger partial charge on any atom is 0.252 e. The smallest absolute Gasteiger partial charge is 0.252 e. The number of H-pyrrole nitrogens is 1. The van der Waals surface area contributed by atoms with Crippen LogP contribution in [-0.4, -0.2) is 44.7 Å². The van der Waals surface area contributed by atoms with Gasteiger partial charge in [0.05, 0.1) is 16.6 Å². The van der Waals surface area contributed by atoms with E-state index < -0.39 is 0 Å². The van der Waals surface area contributed by atoms with E-state index in [1.807, 2.05) is 6.92 Å². The van der Waals surface area contributed by atoms with E-state index in [1.54, 1.807) is 30.3 Å². The molecule has 4 N–H and O–H groups in total. The van der Waals surface area contributed by atoms with Crippen molar-refractivity contribution in [1.29, 1.82) is 0 Å². The van der Waals surface area contributed by atoms with Crippen LogP contribution in [0.1, 0.15) is 28.9 Å². The maximum atomic E-state index is 13.0. The first kappa shape index (κ1) is 17.0. The Morgan fingerprint density at radius 2 is 2.07 bits per heavy atom. The summed E-state index contributed by atoms with van der Waals surface area (Å²) in [6.07, 6.45) is 1.02. The summed E-state index contributed by atoms with van der Waals surface area (Å²) in [4.78, 5) is 28.8. The third-order valence-electron chi connectivity index (χ3n) is 4.71. The molecule has 1 unspecified atom stereocenters. The topological polar surface area (TPSA) is 120 Å². The van der Waals surface area contributed by atoms with E-state index in [2.05, 4.69) is 25.8 Å². The Balaban J connectivity index is 1.71. The zero-order chi connectivity index (χ0) is 19.0. The second-order valence-electron chi connectivity index (χ2n) is 6.66. The molecule has 4 rings (SSSR count). The Labute approximate surface area is 155 Å². The predicted octanol–water partition coefficient (Wildman–Crippen LogP) is 1.65. The highest BCUT2D eigenvalue weighted by Crippen LogP contribution is 2.27. The van der Waals surface area contributed by atoms with Crippen molar-refractivity contribution in [2.24, 2.45) is 0 Å². The van der Waals surface area contributed by atoms with Crippen molar-refractivity contribution < 1.29 is 14.7 Å². The Bertz CT molecular complexity index is 1020. The summed E-state index contributed by atoms with van der Waals surface area (Å²) in [6.45, 7) is 2.27. The van der Waals surface area contributed by atoms with Gasteiger partial charge >= 0.3 is 0 Å². The summed E-state index contributed by atoms with van der Waals surface area (Å²) in [5.41, 5.74) is 3.06. The highest BCUT2D eigenvalue weighted by atomic mass is 16.3. The number of aromatic nitrogens is 3.